The average molecular weight is 495 g/mol. The number of hydrogen-bond acceptors (Lipinski definition) is 6. The number of benzene rings is 1. The summed E-state index contributed by atoms with van der Waals surface area (Å²) in [7, 11) is 1.60. The number of aryl methyl sites for hydroxylation is 2. The predicted octanol–water partition coefficient (Wildman–Crippen LogP) is 6.93. The minimum absolute atomic E-state index is 0.0753. The van der Waals surface area contributed by atoms with E-state index in [1.54, 1.807) is 25.2 Å². The molecular weight excluding hydrogens is 455 g/mol. The van der Waals surface area contributed by atoms with Crippen LogP contribution < -0.4 is 5.32 Å². The van der Waals surface area contributed by atoms with E-state index in [1.165, 1.54) is 29.9 Å². The number of azo groups is 1. The monoisotopic (exact) mass is 494 g/mol. The van der Waals surface area contributed by atoms with Crippen LogP contribution in [0.25, 0.3) is 16.8 Å². The molecule has 2 aromatic heterocycles. The van der Waals surface area contributed by atoms with Gasteiger partial charge in [-0.05, 0) is 78.0 Å². The molecule has 1 aliphatic heterocycles. The Morgan fingerprint density at radius 1 is 1.14 bits per heavy atom. The first-order valence-corrected chi connectivity index (χ1v) is 12.5. The van der Waals surface area contributed by atoms with Gasteiger partial charge in [0.15, 0.2) is 0 Å². The Morgan fingerprint density at radius 2 is 1.81 bits per heavy atom. The van der Waals surface area contributed by atoms with Gasteiger partial charge in [-0.3, -0.25) is 4.98 Å². The summed E-state index contributed by atoms with van der Waals surface area (Å²) in [5.74, 6) is 0.363. The third-order valence-electron chi connectivity index (χ3n) is 6.32. The number of aromatic hydroxyl groups is 1. The van der Waals surface area contributed by atoms with Crippen LogP contribution in [0, 0.1) is 18.8 Å². The van der Waals surface area contributed by atoms with Crippen molar-refractivity contribution >= 4 is 5.69 Å². The van der Waals surface area contributed by atoms with Crippen molar-refractivity contribution in [3.63, 3.8) is 0 Å². The number of phenols is 1. The molecule has 0 saturated carbocycles. The molecule has 1 saturated heterocycles. The van der Waals surface area contributed by atoms with E-state index in [4.69, 9.17) is 0 Å². The van der Waals surface area contributed by atoms with Crippen LogP contribution in [0.4, 0.5) is 10.1 Å². The molecule has 1 fully saturated rings. The van der Waals surface area contributed by atoms with E-state index in [2.05, 4.69) is 60.1 Å². The van der Waals surface area contributed by atoms with Crippen LogP contribution in [0.5, 0.6) is 5.75 Å². The molecule has 4 rings (SSSR count). The summed E-state index contributed by atoms with van der Waals surface area (Å²) in [6, 6.07) is 7.01. The lowest BCUT2D eigenvalue weighted by atomic mass is 9.77. The molecule has 0 bridgehead atoms. The highest BCUT2D eigenvalue weighted by atomic mass is 19.1. The second-order valence-electron chi connectivity index (χ2n) is 11.0. The third kappa shape index (κ3) is 6.75. The van der Waals surface area contributed by atoms with Gasteiger partial charge in [-0.1, -0.05) is 13.8 Å². The van der Waals surface area contributed by atoms with E-state index < -0.39 is 5.95 Å². The Kier molecular flexibility index (Phi) is 8.29. The first-order chi connectivity index (χ1) is 16.8. The fourth-order valence-electron chi connectivity index (χ4n) is 5.54. The average Bonchev–Trinajstić information content (AvgIpc) is 3.19. The maximum Gasteiger partial charge on any atom is 0.231 e. The van der Waals surface area contributed by atoms with Crippen LogP contribution in [-0.4, -0.2) is 37.8 Å². The normalized spacial score (nSPS) is 17.1. The molecule has 0 unspecified atom stereocenters. The highest BCUT2D eigenvalue weighted by Crippen LogP contribution is 2.36. The van der Waals surface area contributed by atoms with Gasteiger partial charge in [0, 0.05) is 41.0 Å². The number of nitrogens with zero attached hydrogens (tertiary/aromatic N) is 5. The van der Waals surface area contributed by atoms with E-state index in [-0.39, 0.29) is 5.75 Å². The molecule has 3 aromatic rings. The Bertz CT molecular complexity index is 1210. The van der Waals surface area contributed by atoms with E-state index in [9.17, 15) is 9.50 Å². The molecule has 0 atom stereocenters. The van der Waals surface area contributed by atoms with Crippen molar-refractivity contribution in [2.24, 2.45) is 16.1 Å². The second kappa shape index (κ2) is 10.9. The van der Waals surface area contributed by atoms with Gasteiger partial charge in [0.25, 0.3) is 0 Å². The Morgan fingerprint density at radius 3 is 2.31 bits per heavy atom. The zero-order valence-electron chi connectivity index (χ0n) is 22.7. The van der Waals surface area contributed by atoms with E-state index >= 15 is 0 Å². The van der Waals surface area contributed by atoms with Gasteiger partial charge < -0.3 is 15.0 Å². The number of piperidine rings is 1. The standard InChI is InChI=1S/C18H18FN5O.C10H21N/c1-4-15-14(8-16(23-20-3)11(2)22-15)13-6-5-12(7-17(13)25)24-9-18(19)21-10-24;1-8-6-9(2,3)11-10(4,5)7-8/h5-10,25H,4H2,1-3H3;8,11H,6-7H2,1-5H3. The van der Waals surface area contributed by atoms with Gasteiger partial charge in [0.05, 0.1) is 17.6 Å². The number of imidazole rings is 1. The summed E-state index contributed by atoms with van der Waals surface area (Å²) >= 11 is 0. The van der Waals surface area contributed by atoms with Gasteiger partial charge in [0.1, 0.15) is 17.8 Å². The number of phenolic OH excluding ortho intramolecular Hbond substituents is 1. The SMILES string of the molecule is CC1CC(C)(C)NC(C)(C)C1.CCc1nc(C)c(N=NC)cc1-c1ccc(-n2cnc(F)c2)cc1O. The van der Waals surface area contributed by atoms with Gasteiger partial charge in [-0.15, -0.1) is 0 Å². The Hall–Kier alpha value is -3.13. The van der Waals surface area contributed by atoms with Crippen molar-refractivity contribution in [3.8, 4) is 22.6 Å². The molecule has 0 aliphatic carbocycles. The largest absolute Gasteiger partial charge is 0.507 e. The summed E-state index contributed by atoms with van der Waals surface area (Å²) < 4.78 is 14.6. The molecule has 0 radical (unpaired) electrons. The lowest BCUT2D eigenvalue weighted by Crippen LogP contribution is -2.57. The van der Waals surface area contributed by atoms with Crippen LogP contribution >= 0.6 is 0 Å². The van der Waals surface area contributed by atoms with Crippen molar-refractivity contribution in [2.45, 2.75) is 78.8 Å². The number of pyridine rings is 1. The van der Waals surface area contributed by atoms with E-state index in [1.807, 2.05) is 19.9 Å². The third-order valence-corrected chi connectivity index (χ3v) is 6.32. The van der Waals surface area contributed by atoms with Crippen molar-refractivity contribution in [2.75, 3.05) is 7.05 Å². The zero-order chi connectivity index (χ0) is 26.7. The highest BCUT2D eigenvalue weighted by Gasteiger charge is 2.35. The summed E-state index contributed by atoms with van der Waals surface area (Å²) in [5, 5.41) is 22.1. The predicted molar refractivity (Wildman–Crippen MR) is 143 cm³/mol. The van der Waals surface area contributed by atoms with E-state index in [0.29, 0.717) is 34.4 Å². The maximum atomic E-state index is 13.1. The van der Waals surface area contributed by atoms with Crippen LogP contribution in [0.3, 0.4) is 0 Å². The summed E-state index contributed by atoms with van der Waals surface area (Å²) in [5.41, 5.74) is 5.04. The van der Waals surface area contributed by atoms with Gasteiger partial charge in [0.2, 0.25) is 5.95 Å². The highest BCUT2D eigenvalue weighted by molar-refractivity contribution is 5.76. The molecule has 0 amide bonds. The molecule has 3 heterocycles. The Balaban J connectivity index is 0.000000275. The molecule has 0 spiro atoms. The number of nitrogens with one attached hydrogen (secondary N) is 1. The summed E-state index contributed by atoms with van der Waals surface area (Å²) in [6.45, 7) is 15.4. The quantitative estimate of drug-likeness (QED) is 0.385. The minimum atomic E-state index is -0.575. The minimum Gasteiger partial charge on any atom is -0.507 e. The lowest BCUT2D eigenvalue weighted by molar-refractivity contribution is 0.138. The van der Waals surface area contributed by atoms with Crippen molar-refractivity contribution < 1.29 is 9.50 Å². The zero-order valence-corrected chi connectivity index (χ0v) is 22.7. The van der Waals surface area contributed by atoms with E-state index in [0.717, 1.165) is 22.9 Å². The molecule has 7 nitrogen and oxygen atoms in total. The number of halogens is 1. The van der Waals surface area contributed by atoms with Crippen molar-refractivity contribution in [1.29, 1.82) is 0 Å². The van der Waals surface area contributed by atoms with Crippen LogP contribution in [-0.2, 0) is 6.42 Å². The number of aromatic nitrogens is 3. The Labute approximate surface area is 213 Å². The molecule has 194 valence electrons. The molecule has 36 heavy (non-hydrogen) atoms. The van der Waals surface area contributed by atoms with Gasteiger partial charge in [-0.25, -0.2) is 4.98 Å². The fourth-order valence-corrected chi connectivity index (χ4v) is 5.54. The summed E-state index contributed by atoms with van der Waals surface area (Å²) in [6.07, 6.45) is 5.92. The number of hydrogen-bond donors (Lipinski definition) is 2. The van der Waals surface area contributed by atoms with Crippen molar-refractivity contribution in [1.82, 2.24) is 19.9 Å². The van der Waals surface area contributed by atoms with Crippen LogP contribution in [0.15, 0.2) is 47.0 Å². The second-order valence-corrected chi connectivity index (χ2v) is 11.0. The number of rotatable bonds is 4. The fraction of sp³-hybridized carbons (Fsp3) is 0.500. The van der Waals surface area contributed by atoms with Gasteiger partial charge >= 0.3 is 0 Å². The first kappa shape index (κ1) is 27.5. The molecule has 1 aromatic carbocycles. The first-order valence-electron chi connectivity index (χ1n) is 12.5. The van der Waals surface area contributed by atoms with Crippen LogP contribution in [0.1, 0.15) is 65.8 Å². The molecule has 1 aliphatic rings. The van der Waals surface area contributed by atoms with Gasteiger partial charge in [-0.2, -0.15) is 14.6 Å². The van der Waals surface area contributed by atoms with Crippen LogP contribution in [0.2, 0.25) is 0 Å². The molecular formula is C28H39FN6O. The summed E-state index contributed by atoms with van der Waals surface area (Å²) in [4.78, 5) is 8.14. The smallest absolute Gasteiger partial charge is 0.231 e. The lowest BCUT2D eigenvalue weighted by Gasteiger charge is -2.45. The maximum absolute atomic E-state index is 13.1. The molecule has 8 heteroatoms. The van der Waals surface area contributed by atoms with Crippen molar-refractivity contribution in [3.05, 3.63) is 54.1 Å². The topological polar surface area (TPSA) is 87.7 Å². The molecule has 2 N–H and O–H groups in total.